The number of hydrogen-bond acceptors (Lipinski definition) is 4. The molecule has 1 aliphatic carbocycles. The number of carbonyl (C=O) groups is 1. The second kappa shape index (κ2) is 9.99. The van der Waals surface area contributed by atoms with Gasteiger partial charge in [-0.15, -0.1) is 0 Å². The van der Waals surface area contributed by atoms with Gasteiger partial charge in [0, 0.05) is 17.4 Å². The molecule has 1 amide bonds. The fourth-order valence-electron chi connectivity index (χ4n) is 4.80. The Morgan fingerprint density at radius 2 is 2.21 bits per heavy atom. The highest BCUT2D eigenvalue weighted by Gasteiger charge is 2.26. The number of rotatable bonds is 7. The van der Waals surface area contributed by atoms with E-state index in [9.17, 15) is 4.79 Å². The summed E-state index contributed by atoms with van der Waals surface area (Å²) in [6, 6.07) is 8.34. The average molecular weight is 459 g/mol. The molecule has 0 saturated carbocycles. The van der Waals surface area contributed by atoms with Crippen LogP contribution in [-0.4, -0.2) is 28.6 Å². The van der Waals surface area contributed by atoms with Gasteiger partial charge in [-0.2, -0.15) is 5.26 Å². The minimum absolute atomic E-state index is 0.135. The van der Waals surface area contributed by atoms with Crippen molar-refractivity contribution in [1.82, 2.24) is 9.97 Å². The summed E-state index contributed by atoms with van der Waals surface area (Å²) in [6.45, 7) is 9.80. The van der Waals surface area contributed by atoms with Gasteiger partial charge in [-0.3, -0.25) is 4.79 Å². The summed E-state index contributed by atoms with van der Waals surface area (Å²) in [4.78, 5) is 19.7. The van der Waals surface area contributed by atoms with Crippen molar-refractivity contribution in [3.63, 3.8) is 0 Å². The molecule has 0 spiro atoms. The highest BCUT2D eigenvalue weighted by molar-refractivity contribution is 6.03. The van der Waals surface area contributed by atoms with E-state index in [0.29, 0.717) is 23.9 Å². The van der Waals surface area contributed by atoms with Gasteiger partial charge in [0.15, 0.2) is 11.5 Å². The quantitative estimate of drug-likeness (QED) is 0.483. The van der Waals surface area contributed by atoms with Crippen LogP contribution >= 0.6 is 0 Å². The summed E-state index contributed by atoms with van der Waals surface area (Å²) in [7, 11) is 0. The lowest BCUT2D eigenvalue weighted by Gasteiger charge is -2.30. The number of anilines is 1. The maximum atomic E-state index is 12.9. The number of amides is 1. The zero-order valence-corrected chi connectivity index (χ0v) is 20.5. The van der Waals surface area contributed by atoms with Gasteiger partial charge in [-0.25, -0.2) is 4.98 Å². The van der Waals surface area contributed by atoms with Gasteiger partial charge in [0.1, 0.15) is 6.07 Å². The minimum Gasteiger partial charge on any atom is -0.370 e. The molecule has 178 valence electrons. The van der Waals surface area contributed by atoms with Crippen LogP contribution in [0.5, 0.6) is 0 Å². The largest absolute Gasteiger partial charge is 0.370 e. The first kappa shape index (κ1) is 24.0. The Bertz CT molecular complexity index is 1150. The number of nitriles is 1. The number of carbonyl (C=O) groups excluding carboxylic acids is 1. The zero-order valence-electron chi connectivity index (χ0n) is 20.5. The van der Waals surface area contributed by atoms with Gasteiger partial charge in [0.05, 0.1) is 12.7 Å². The lowest BCUT2D eigenvalue weighted by molar-refractivity contribution is 0.101. The maximum absolute atomic E-state index is 12.9. The molecule has 1 unspecified atom stereocenters. The molecule has 0 bridgehead atoms. The number of aromatic nitrogens is 2. The summed E-state index contributed by atoms with van der Waals surface area (Å²) in [6.07, 6.45) is 12.2. The molecule has 0 radical (unpaired) electrons. The molecule has 0 fully saturated rings. The van der Waals surface area contributed by atoms with Gasteiger partial charge in [-0.05, 0) is 66.2 Å². The Hall–Kier alpha value is -3.17. The third-order valence-electron chi connectivity index (χ3n) is 6.99. The maximum Gasteiger partial charge on any atom is 0.291 e. The number of hydrogen-bond donors (Lipinski definition) is 2. The number of aromatic amines is 1. The zero-order chi connectivity index (χ0) is 24.3. The molecule has 6 nitrogen and oxygen atoms in total. The number of benzene rings is 1. The van der Waals surface area contributed by atoms with Gasteiger partial charge in [-0.1, -0.05) is 52.0 Å². The minimum atomic E-state index is -0.350. The summed E-state index contributed by atoms with van der Waals surface area (Å²) in [5.41, 5.74) is 4.87. The van der Waals surface area contributed by atoms with Crippen LogP contribution in [0.1, 0.15) is 86.7 Å². The predicted octanol–water partition coefficient (Wildman–Crippen LogP) is 6.21. The molecule has 4 rings (SSSR count). The van der Waals surface area contributed by atoms with Gasteiger partial charge in [0.25, 0.3) is 5.91 Å². The highest BCUT2D eigenvalue weighted by Crippen LogP contribution is 2.42. The molecule has 2 atom stereocenters. The van der Waals surface area contributed by atoms with Crippen molar-refractivity contribution < 1.29 is 9.53 Å². The monoisotopic (exact) mass is 458 g/mol. The predicted molar refractivity (Wildman–Crippen MR) is 134 cm³/mol. The lowest BCUT2D eigenvalue weighted by Crippen LogP contribution is -2.19. The Labute approximate surface area is 202 Å². The molecule has 2 heterocycles. The van der Waals surface area contributed by atoms with Crippen molar-refractivity contribution in [2.24, 2.45) is 11.3 Å². The fourth-order valence-corrected chi connectivity index (χ4v) is 4.80. The Kier molecular flexibility index (Phi) is 7.04. The van der Waals surface area contributed by atoms with Crippen LogP contribution in [0.15, 0.2) is 42.6 Å². The van der Waals surface area contributed by atoms with E-state index in [1.54, 1.807) is 0 Å². The Balaban J connectivity index is 1.67. The summed E-state index contributed by atoms with van der Waals surface area (Å²) in [5.74, 6) is 0.588. The molecular formula is C28H34N4O2. The van der Waals surface area contributed by atoms with Gasteiger partial charge >= 0.3 is 0 Å². The Morgan fingerprint density at radius 3 is 2.82 bits per heavy atom. The van der Waals surface area contributed by atoms with Crippen molar-refractivity contribution in [2.75, 3.05) is 11.9 Å². The first-order chi connectivity index (χ1) is 16.3. The first-order valence-corrected chi connectivity index (χ1v) is 12.1. The van der Waals surface area contributed by atoms with Crippen LogP contribution in [0.3, 0.4) is 0 Å². The summed E-state index contributed by atoms with van der Waals surface area (Å²) >= 11 is 0. The van der Waals surface area contributed by atoms with Crippen molar-refractivity contribution in [2.45, 2.75) is 65.4 Å². The van der Waals surface area contributed by atoms with E-state index in [1.165, 1.54) is 17.3 Å². The van der Waals surface area contributed by atoms with Crippen LogP contribution < -0.4 is 5.32 Å². The van der Waals surface area contributed by atoms with E-state index in [4.69, 9.17) is 10.00 Å². The topological polar surface area (TPSA) is 90.8 Å². The molecule has 2 N–H and O–H groups in total. The summed E-state index contributed by atoms with van der Waals surface area (Å²) in [5, 5.41) is 12.1. The number of H-pyrrole nitrogens is 1. The number of ether oxygens (including phenoxy) is 1. The van der Waals surface area contributed by atoms with E-state index in [-0.39, 0.29) is 23.5 Å². The third-order valence-corrected chi connectivity index (χ3v) is 6.99. The van der Waals surface area contributed by atoms with Crippen LogP contribution in [-0.2, 0) is 4.74 Å². The average Bonchev–Trinajstić information content (AvgIpc) is 3.50. The highest BCUT2D eigenvalue weighted by atomic mass is 16.5. The van der Waals surface area contributed by atoms with Crippen molar-refractivity contribution in [3.8, 4) is 6.07 Å². The number of allylic oxidation sites excluding steroid dienone is 2. The normalized spacial score (nSPS) is 20.1. The van der Waals surface area contributed by atoms with Gasteiger partial charge < -0.3 is 15.0 Å². The van der Waals surface area contributed by atoms with Crippen LogP contribution in [0.4, 0.5) is 5.69 Å². The van der Waals surface area contributed by atoms with Crippen LogP contribution in [0.25, 0.3) is 5.57 Å². The SMILES string of the molecule is CC(C)C(C[C@H]1C=CCO1)c1ccc(NC(=O)c2nc(C#N)c[nH]2)c(C2=CCC(C)(C)CC2)c1. The number of nitrogens with one attached hydrogen (secondary N) is 2. The van der Waals surface area contributed by atoms with Gasteiger partial charge in [0.2, 0.25) is 0 Å². The van der Waals surface area contributed by atoms with E-state index in [0.717, 1.165) is 36.9 Å². The molecule has 34 heavy (non-hydrogen) atoms. The second-order valence-corrected chi connectivity index (χ2v) is 10.5. The van der Waals surface area contributed by atoms with Crippen LogP contribution in [0.2, 0.25) is 0 Å². The molecule has 6 heteroatoms. The lowest BCUT2D eigenvalue weighted by atomic mass is 9.76. The molecule has 2 aliphatic rings. The molecule has 0 saturated heterocycles. The third kappa shape index (κ3) is 5.48. The van der Waals surface area contributed by atoms with E-state index >= 15 is 0 Å². The van der Waals surface area contributed by atoms with Crippen molar-refractivity contribution in [1.29, 1.82) is 5.26 Å². The summed E-state index contributed by atoms with van der Waals surface area (Å²) < 4.78 is 5.85. The van der Waals surface area contributed by atoms with Crippen molar-refractivity contribution in [3.05, 3.63) is 65.3 Å². The standard InChI is InChI=1S/C28H34N4O2/c1-18(2)23(15-22-6-5-13-34-22)20-7-8-25(32-27(33)26-30-17-21(16-29)31-26)24(14-20)19-9-11-28(3,4)12-10-19/h5-9,14,17-18,22-23H,10-13,15H2,1-4H3,(H,30,31)(H,32,33)/t22-,23?/m1/s1. The molecule has 2 aromatic rings. The fraction of sp³-hybridized carbons (Fsp3) is 0.464. The van der Waals surface area contributed by atoms with Crippen LogP contribution in [0, 0.1) is 22.7 Å². The molecular weight excluding hydrogens is 424 g/mol. The van der Waals surface area contributed by atoms with Crippen molar-refractivity contribution >= 4 is 17.2 Å². The Morgan fingerprint density at radius 1 is 1.38 bits per heavy atom. The molecule has 1 aliphatic heterocycles. The number of nitrogens with zero attached hydrogens (tertiary/aromatic N) is 2. The van der Waals surface area contributed by atoms with E-state index < -0.39 is 0 Å². The van der Waals surface area contributed by atoms with E-state index in [2.05, 4.69) is 73.3 Å². The number of imidazole rings is 1. The first-order valence-electron chi connectivity index (χ1n) is 12.1. The van der Waals surface area contributed by atoms with E-state index in [1.807, 2.05) is 12.1 Å². The second-order valence-electron chi connectivity index (χ2n) is 10.5. The molecule has 1 aromatic carbocycles. The molecule has 1 aromatic heterocycles. The smallest absolute Gasteiger partial charge is 0.291 e.